The largest absolute Gasteiger partial charge is 0.356 e. The molecule has 106 valence electrons. The van der Waals surface area contributed by atoms with Gasteiger partial charge in [-0.05, 0) is 30.0 Å². The summed E-state index contributed by atoms with van der Waals surface area (Å²) in [6.07, 6.45) is 2.40. The molecular formula is C14H21NO3S. The normalized spacial score (nSPS) is 11.6. The van der Waals surface area contributed by atoms with E-state index in [9.17, 15) is 13.2 Å². The molecule has 0 aliphatic rings. The zero-order valence-electron chi connectivity index (χ0n) is 11.6. The minimum absolute atomic E-state index is 0.0345. The maximum absolute atomic E-state index is 11.6. The molecule has 1 aromatic rings. The van der Waals surface area contributed by atoms with Gasteiger partial charge in [-0.2, -0.15) is 0 Å². The first-order chi connectivity index (χ1) is 8.79. The molecule has 4 nitrogen and oxygen atoms in total. The van der Waals surface area contributed by atoms with Gasteiger partial charge in [-0.15, -0.1) is 0 Å². The van der Waals surface area contributed by atoms with Crippen molar-refractivity contribution in [3.63, 3.8) is 0 Å². The van der Waals surface area contributed by atoms with Gasteiger partial charge in [0.25, 0.3) is 0 Å². The second-order valence-electron chi connectivity index (χ2n) is 5.13. The lowest BCUT2D eigenvalue weighted by molar-refractivity contribution is -0.120. The predicted molar refractivity (Wildman–Crippen MR) is 75.7 cm³/mol. The number of rotatable bonds is 6. The molecule has 1 amide bonds. The van der Waals surface area contributed by atoms with E-state index in [1.165, 1.54) is 18.4 Å². The fourth-order valence-electron chi connectivity index (χ4n) is 1.60. The zero-order valence-corrected chi connectivity index (χ0v) is 12.5. The van der Waals surface area contributed by atoms with E-state index in [2.05, 4.69) is 19.2 Å². The van der Waals surface area contributed by atoms with Crippen molar-refractivity contribution >= 4 is 15.7 Å². The van der Waals surface area contributed by atoms with E-state index in [4.69, 9.17) is 0 Å². The fourth-order valence-corrected chi connectivity index (χ4v) is 2.23. The van der Waals surface area contributed by atoms with Crippen LogP contribution in [0.15, 0.2) is 29.2 Å². The lowest BCUT2D eigenvalue weighted by atomic mass is 10.1. The number of hydrogen-bond acceptors (Lipinski definition) is 3. The Morgan fingerprint density at radius 3 is 2.26 bits per heavy atom. The minimum Gasteiger partial charge on any atom is -0.356 e. The van der Waals surface area contributed by atoms with Crippen molar-refractivity contribution in [1.82, 2.24) is 5.32 Å². The lowest BCUT2D eigenvalue weighted by Crippen LogP contribution is -2.26. The third-order valence-corrected chi connectivity index (χ3v) is 3.89. The maximum atomic E-state index is 11.6. The molecule has 0 unspecified atom stereocenters. The van der Waals surface area contributed by atoms with Gasteiger partial charge in [0.1, 0.15) is 0 Å². The molecule has 0 spiro atoms. The van der Waals surface area contributed by atoms with Crippen molar-refractivity contribution in [3.8, 4) is 0 Å². The highest BCUT2D eigenvalue weighted by Crippen LogP contribution is 2.10. The van der Waals surface area contributed by atoms with E-state index in [1.54, 1.807) is 12.1 Å². The van der Waals surface area contributed by atoms with E-state index >= 15 is 0 Å². The van der Waals surface area contributed by atoms with Crippen molar-refractivity contribution in [3.05, 3.63) is 29.8 Å². The molecule has 0 saturated carbocycles. The third-order valence-electron chi connectivity index (χ3n) is 2.76. The molecule has 0 aromatic heterocycles. The lowest BCUT2D eigenvalue weighted by Gasteiger charge is -2.07. The van der Waals surface area contributed by atoms with Crippen LogP contribution in [0.25, 0.3) is 0 Å². The van der Waals surface area contributed by atoms with Crippen LogP contribution in [0.4, 0.5) is 0 Å². The van der Waals surface area contributed by atoms with E-state index in [0.717, 1.165) is 12.0 Å². The number of carbonyl (C=O) groups excluding carboxylic acids is 1. The molecule has 5 heteroatoms. The van der Waals surface area contributed by atoms with Gasteiger partial charge in [-0.25, -0.2) is 8.42 Å². The third kappa shape index (κ3) is 5.87. The van der Waals surface area contributed by atoms with Crippen LogP contribution in [0, 0.1) is 5.92 Å². The van der Waals surface area contributed by atoms with Gasteiger partial charge >= 0.3 is 0 Å². The highest BCUT2D eigenvalue weighted by Gasteiger charge is 2.08. The first-order valence-corrected chi connectivity index (χ1v) is 8.24. The van der Waals surface area contributed by atoms with Gasteiger partial charge in [0, 0.05) is 12.8 Å². The average Bonchev–Trinajstić information content (AvgIpc) is 2.27. The molecule has 0 bridgehead atoms. The number of carbonyl (C=O) groups is 1. The van der Waals surface area contributed by atoms with Crippen LogP contribution in [0.2, 0.25) is 0 Å². The number of benzene rings is 1. The average molecular weight is 283 g/mol. The molecule has 0 saturated heterocycles. The smallest absolute Gasteiger partial charge is 0.224 e. The molecule has 0 atom stereocenters. The van der Waals surface area contributed by atoms with Gasteiger partial charge in [-0.3, -0.25) is 4.79 Å². The summed E-state index contributed by atoms with van der Waals surface area (Å²) in [5.74, 6) is 0.530. The molecule has 0 fully saturated rings. The van der Waals surface area contributed by atoms with Crippen LogP contribution in [-0.2, 0) is 21.1 Å². The minimum atomic E-state index is -3.17. The Morgan fingerprint density at radius 2 is 1.79 bits per heavy atom. The molecule has 0 heterocycles. The van der Waals surface area contributed by atoms with Crippen LogP contribution in [0.3, 0.4) is 0 Å². The number of amides is 1. The summed E-state index contributed by atoms with van der Waals surface area (Å²) in [5.41, 5.74) is 0.814. The Morgan fingerprint density at radius 1 is 1.21 bits per heavy atom. The van der Waals surface area contributed by atoms with Gasteiger partial charge in [-0.1, -0.05) is 26.0 Å². The first-order valence-electron chi connectivity index (χ1n) is 6.34. The van der Waals surface area contributed by atoms with Gasteiger partial charge in [0.2, 0.25) is 5.91 Å². The molecule has 1 aromatic carbocycles. The van der Waals surface area contributed by atoms with Crippen molar-refractivity contribution < 1.29 is 13.2 Å². The fraction of sp³-hybridized carbons (Fsp3) is 0.500. The van der Waals surface area contributed by atoms with Gasteiger partial charge < -0.3 is 5.32 Å². The topological polar surface area (TPSA) is 63.2 Å². The van der Waals surface area contributed by atoms with Gasteiger partial charge in [0.05, 0.1) is 11.3 Å². The Balaban J connectivity index is 2.52. The van der Waals surface area contributed by atoms with Crippen LogP contribution < -0.4 is 5.32 Å². The predicted octanol–water partition coefficient (Wildman–Crippen LogP) is 1.79. The zero-order chi connectivity index (χ0) is 14.5. The van der Waals surface area contributed by atoms with E-state index in [0.29, 0.717) is 12.5 Å². The molecule has 1 rings (SSSR count). The second kappa shape index (κ2) is 6.70. The molecule has 0 aliphatic carbocycles. The molecule has 0 aliphatic heterocycles. The van der Waals surface area contributed by atoms with Crippen LogP contribution in [-0.4, -0.2) is 27.1 Å². The summed E-state index contributed by atoms with van der Waals surface area (Å²) < 4.78 is 22.6. The Hall–Kier alpha value is -1.36. The van der Waals surface area contributed by atoms with Crippen molar-refractivity contribution in [2.75, 3.05) is 12.8 Å². The SMILES string of the molecule is CC(C)CCNC(=O)Cc1ccc(S(C)(=O)=O)cc1. The summed E-state index contributed by atoms with van der Waals surface area (Å²) in [5, 5.41) is 2.85. The van der Waals surface area contributed by atoms with E-state index in [1.807, 2.05) is 0 Å². The van der Waals surface area contributed by atoms with Crippen molar-refractivity contribution in [2.24, 2.45) is 5.92 Å². The Kier molecular flexibility index (Phi) is 5.54. The molecule has 1 N–H and O–H groups in total. The molecule has 0 radical (unpaired) electrons. The number of sulfone groups is 1. The standard InChI is InChI=1S/C14H21NO3S/c1-11(2)8-9-15-14(16)10-12-4-6-13(7-5-12)19(3,17)18/h4-7,11H,8-10H2,1-3H3,(H,15,16). The second-order valence-corrected chi connectivity index (χ2v) is 7.14. The highest BCUT2D eigenvalue weighted by molar-refractivity contribution is 7.90. The number of hydrogen-bond donors (Lipinski definition) is 1. The number of nitrogens with one attached hydrogen (secondary N) is 1. The van der Waals surface area contributed by atoms with Crippen molar-refractivity contribution in [2.45, 2.75) is 31.6 Å². The maximum Gasteiger partial charge on any atom is 0.224 e. The Bertz CT molecular complexity index is 518. The summed E-state index contributed by atoms with van der Waals surface area (Å²) in [7, 11) is -3.17. The highest BCUT2D eigenvalue weighted by atomic mass is 32.2. The van der Waals surface area contributed by atoms with E-state index in [-0.39, 0.29) is 17.2 Å². The first kappa shape index (κ1) is 15.7. The Labute approximate surface area is 115 Å². The summed E-state index contributed by atoms with van der Waals surface area (Å²) in [6, 6.07) is 6.43. The summed E-state index contributed by atoms with van der Waals surface area (Å²) in [4.78, 5) is 11.9. The monoisotopic (exact) mass is 283 g/mol. The summed E-state index contributed by atoms with van der Waals surface area (Å²) in [6.45, 7) is 4.89. The van der Waals surface area contributed by atoms with Gasteiger partial charge in [0.15, 0.2) is 9.84 Å². The summed E-state index contributed by atoms with van der Waals surface area (Å²) >= 11 is 0. The molecule has 19 heavy (non-hydrogen) atoms. The quantitative estimate of drug-likeness (QED) is 0.866. The van der Waals surface area contributed by atoms with Crippen LogP contribution in [0.5, 0.6) is 0 Å². The van der Waals surface area contributed by atoms with Crippen molar-refractivity contribution in [1.29, 1.82) is 0 Å². The van der Waals surface area contributed by atoms with Crippen LogP contribution in [0.1, 0.15) is 25.8 Å². The molecular weight excluding hydrogens is 262 g/mol. The van der Waals surface area contributed by atoms with E-state index < -0.39 is 9.84 Å². The van der Waals surface area contributed by atoms with Crippen LogP contribution >= 0.6 is 0 Å².